The summed E-state index contributed by atoms with van der Waals surface area (Å²) in [5.41, 5.74) is 1.41. The quantitative estimate of drug-likeness (QED) is 0.758. The van der Waals surface area contributed by atoms with E-state index in [-0.39, 0.29) is 0 Å². The molecule has 4 heteroatoms. The minimum Gasteiger partial charge on any atom is -0.454 e. The predicted octanol–water partition coefficient (Wildman–Crippen LogP) is 2.70. The lowest BCUT2D eigenvalue weighted by molar-refractivity contribution is 0.112. The van der Waals surface area contributed by atoms with Gasteiger partial charge in [0.25, 0.3) is 0 Å². The number of hydrogen-bond donors (Lipinski definition) is 0. The fraction of sp³-hybridized carbons (Fsp3) is 0.154. The van der Waals surface area contributed by atoms with Gasteiger partial charge < -0.3 is 4.74 Å². The summed E-state index contributed by atoms with van der Waals surface area (Å²) in [6.45, 7) is 3.69. The molecule has 0 aliphatic carbocycles. The zero-order valence-electron chi connectivity index (χ0n) is 9.68. The molecular weight excluding hydrogens is 216 g/mol. The molecule has 2 aromatic rings. The standard InChI is InChI=1S/C13H12N2O2/c1-9-13(7-14-10(2)15-9)17-12-5-3-11(8-16)4-6-12/h3-8H,1-2H3. The summed E-state index contributed by atoms with van der Waals surface area (Å²) >= 11 is 0. The Morgan fingerprint density at radius 3 is 2.47 bits per heavy atom. The summed E-state index contributed by atoms with van der Waals surface area (Å²) in [5, 5.41) is 0. The molecule has 0 N–H and O–H groups in total. The topological polar surface area (TPSA) is 52.1 Å². The lowest BCUT2D eigenvalue weighted by Crippen LogP contribution is -1.95. The zero-order valence-corrected chi connectivity index (χ0v) is 9.68. The van der Waals surface area contributed by atoms with E-state index in [2.05, 4.69) is 9.97 Å². The second-order valence-electron chi connectivity index (χ2n) is 3.66. The molecule has 0 saturated heterocycles. The molecule has 86 valence electrons. The van der Waals surface area contributed by atoms with Gasteiger partial charge in [0.15, 0.2) is 5.75 Å². The molecule has 17 heavy (non-hydrogen) atoms. The average Bonchev–Trinajstić information content (AvgIpc) is 2.34. The number of hydrogen-bond acceptors (Lipinski definition) is 4. The Labute approximate surface area is 99.3 Å². The van der Waals surface area contributed by atoms with E-state index in [9.17, 15) is 4.79 Å². The van der Waals surface area contributed by atoms with Crippen molar-refractivity contribution in [2.45, 2.75) is 13.8 Å². The number of carbonyl (C=O) groups excluding carboxylic acids is 1. The molecule has 0 radical (unpaired) electrons. The Balaban J connectivity index is 2.22. The van der Waals surface area contributed by atoms with E-state index >= 15 is 0 Å². The highest BCUT2D eigenvalue weighted by Gasteiger charge is 2.03. The van der Waals surface area contributed by atoms with Crippen molar-refractivity contribution in [3.63, 3.8) is 0 Å². The Morgan fingerprint density at radius 2 is 1.88 bits per heavy atom. The van der Waals surface area contributed by atoms with Gasteiger partial charge in [0.1, 0.15) is 17.9 Å². The van der Waals surface area contributed by atoms with Crippen LogP contribution in [-0.2, 0) is 0 Å². The van der Waals surface area contributed by atoms with E-state index in [1.54, 1.807) is 30.5 Å². The van der Waals surface area contributed by atoms with Crippen LogP contribution in [0.3, 0.4) is 0 Å². The number of carbonyl (C=O) groups is 1. The maximum atomic E-state index is 10.5. The van der Waals surface area contributed by atoms with Gasteiger partial charge in [-0.2, -0.15) is 0 Å². The highest BCUT2D eigenvalue weighted by Crippen LogP contribution is 2.22. The monoisotopic (exact) mass is 228 g/mol. The molecule has 0 bridgehead atoms. The Bertz CT molecular complexity index is 536. The number of aromatic nitrogens is 2. The van der Waals surface area contributed by atoms with Crippen molar-refractivity contribution in [2.24, 2.45) is 0 Å². The van der Waals surface area contributed by atoms with E-state index in [0.29, 0.717) is 22.9 Å². The summed E-state index contributed by atoms with van der Waals surface area (Å²) in [7, 11) is 0. The molecule has 0 amide bonds. The van der Waals surface area contributed by atoms with Crippen molar-refractivity contribution < 1.29 is 9.53 Å². The van der Waals surface area contributed by atoms with Gasteiger partial charge >= 0.3 is 0 Å². The first-order valence-corrected chi connectivity index (χ1v) is 5.22. The number of aryl methyl sites for hydroxylation is 2. The Kier molecular flexibility index (Phi) is 3.14. The van der Waals surface area contributed by atoms with Crippen LogP contribution in [0.25, 0.3) is 0 Å². The van der Waals surface area contributed by atoms with E-state index in [1.807, 2.05) is 13.8 Å². The summed E-state index contributed by atoms with van der Waals surface area (Å²) in [4.78, 5) is 18.8. The maximum absolute atomic E-state index is 10.5. The van der Waals surface area contributed by atoms with Gasteiger partial charge in [-0.05, 0) is 38.1 Å². The van der Waals surface area contributed by atoms with Gasteiger partial charge in [0.2, 0.25) is 0 Å². The predicted molar refractivity (Wildman–Crippen MR) is 63.4 cm³/mol. The van der Waals surface area contributed by atoms with Crippen molar-refractivity contribution in [3.05, 3.63) is 47.5 Å². The largest absolute Gasteiger partial charge is 0.454 e. The Hall–Kier alpha value is -2.23. The molecule has 1 aromatic heterocycles. The number of nitrogens with zero attached hydrogens (tertiary/aromatic N) is 2. The highest BCUT2D eigenvalue weighted by molar-refractivity contribution is 5.74. The number of benzene rings is 1. The minimum atomic E-state index is 0.620. The van der Waals surface area contributed by atoms with Crippen LogP contribution in [0.15, 0.2) is 30.5 Å². The molecule has 1 heterocycles. The molecule has 0 fully saturated rings. The smallest absolute Gasteiger partial charge is 0.166 e. The fourth-order valence-electron chi connectivity index (χ4n) is 1.41. The number of ether oxygens (including phenoxy) is 1. The summed E-state index contributed by atoms with van der Waals surface area (Å²) < 4.78 is 5.62. The summed E-state index contributed by atoms with van der Waals surface area (Å²) in [6.07, 6.45) is 2.44. The van der Waals surface area contributed by atoms with Gasteiger partial charge in [-0.1, -0.05) is 0 Å². The SMILES string of the molecule is Cc1ncc(Oc2ccc(C=O)cc2)c(C)n1. The molecule has 0 unspecified atom stereocenters. The first-order chi connectivity index (χ1) is 8.19. The molecule has 0 aliphatic heterocycles. The lowest BCUT2D eigenvalue weighted by atomic mass is 10.2. The number of aldehydes is 1. The van der Waals surface area contributed by atoms with Crippen LogP contribution in [0.1, 0.15) is 21.9 Å². The first-order valence-electron chi connectivity index (χ1n) is 5.22. The van der Waals surface area contributed by atoms with Crippen LogP contribution in [0.4, 0.5) is 0 Å². The average molecular weight is 228 g/mol. The van der Waals surface area contributed by atoms with E-state index in [0.717, 1.165) is 12.0 Å². The van der Waals surface area contributed by atoms with E-state index in [4.69, 9.17) is 4.74 Å². The van der Waals surface area contributed by atoms with Crippen molar-refractivity contribution in [1.29, 1.82) is 0 Å². The maximum Gasteiger partial charge on any atom is 0.166 e. The third-order valence-corrected chi connectivity index (χ3v) is 2.30. The summed E-state index contributed by atoms with van der Waals surface area (Å²) in [5.74, 6) is 1.99. The second-order valence-corrected chi connectivity index (χ2v) is 3.66. The van der Waals surface area contributed by atoms with Crippen molar-refractivity contribution >= 4 is 6.29 Å². The second kappa shape index (κ2) is 4.74. The van der Waals surface area contributed by atoms with Crippen LogP contribution in [0, 0.1) is 13.8 Å². The molecule has 0 saturated carbocycles. The van der Waals surface area contributed by atoms with Crippen LogP contribution >= 0.6 is 0 Å². The molecule has 4 nitrogen and oxygen atoms in total. The number of rotatable bonds is 3. The van der Waals surface area contributed by atoms with Gasteiger partial charge in [-0.3, -0.25) is 4.79 Å². The van der Waals surface area contributed by atoms with Gasteiger partial charge in [-0.25, -0.2) is 9.97 Å². The Morgan fingerprint density at radius 1 is 1.18 bits per heavy atom. The van der Waals surface area contributed by atoms with Crippen LogP contribution in [0.5, 0.6) is 11.5 Å². The van der Waals surface area contributed by atoms with Crippen LogP contribution in [0.2, 0.25) is 0 Å². The molecule has 0 aliphatic rings. The van der Waals surface area contributed by atoms with Crippen molar-refractivity contribution in [2.75, 3.05) is 0 Å². The van der Waals surface area contributed by atoms with Crippen LogP contribution < -0.4 is 4.74 Å². The normalized spacial score (nSPS) is 10.0. The summed E-state index contributed by atoms with van der Waals surface area (Å²) in [6, 6.07) is 6.88. The molecule has 1 aromatic carbocycles. The van der Waals surface area contributed by atoms with E-state index in [1.165, 1.54) is 0 Å². The van der Waals surface area contributed by atoms with Crippen molar-refractivity contribution in [1.82, 2.24) is 9.97 Å². The lowest BCUT2D eigenvalue weighted by Gasteiger charge is -2.07. The highest BCUT2D eigenvalue weighted by atomic mass is 16.5. The first kappa shape index (κ1) is 11.3. The molecule has 0 spiro atoms. The molecule has 0 atom stereocenters. The van der Waals surface area contributed by atoms with Gasteiger partial charge in [0, 0.05) is 5.56 Å². The van der Waals surface area contributed by atoms with Gasteiger partial charge in [0.05, 0.1) is 11.9 Å². The fourth-order valence-corrected chi connectivity index (χ4v) is 1.41. The minimum absolute atomic E-state index is 0.620. The molecule has 2 rings (SSSR count). The van der Waals surface area contributed by atoms with E-state index < -0.39 is 0 Å². The zero-order chi connectivity index (χ0) is 12.3. The third kappa shape index (κ3) is 2.66. The molecular formula is C13H12N2O2. The van der Waals surface area contributed by atoms with Gasteiger partial charge in [-0.15, -0.1) is 0 Å². The van der Waals surface area contributed by atoms with Crippen LogP contribution in [-0.4, -0.2) is 16.3 Å². The van der Waals surface area contributed by atoms with Crippen molar-refractivity contribution in [3.8, 4) is 11.5 Å². The third-order valence-electron chi connectivity index (χ3n) is 2.30.